The molecule has 0 aromatic heterocycles. The number of ether oxygens (including phenoxy) is 10. The predicted octanol–water partition coefficient (Wildman–Crippen LogP) is 5.73. The van der Waals surface area contributed by atoms with Crippen LogP contribution >= 0.6 is 31.3 Å². The minimum absolute atomic E-state index is 0.0241. The van der Waals surface area contributed by atoms with Crippen molar-refractivity contribution >= 4 is 85.0 Å². The summed E-state index contributed by atoms with van der Waals surface area (Å²) in [5.41, 5.74) is 0. The number of carbonyl (C=O) groups excluding carboxylic acids is 9. The first-order chi connectivity index (χ1) is 38.0. The highest BCUT2D eigenvalue weighted by Crippen LogP contribution is 2.62. The van der Waals surface area contributed by atoms with Crippen molar-refractivity contribution < 1.29 is 163 Å². The molecule has 0 N–H and O–H groups in total. The maximum atomic E-state index is 15.1. The predicted molar refractivity (Wildman–Crippen MR) is 260 cm³/mol. The van der Waals surface area contributed by atoms with Crippen LogP contribution in [0.1, 0.15) is 121 Å². The second-order valence-corrected chi connectivity index (χ2v) is 22.4. The summed E-state index contributed by atoms with van der Waals surface area (Å²) in [5, 5.41) is 0. The SMILES string of the molecule is CCCCCCCCO[C@H]1[C@@H](OC(=O)CCC)[C@@H](OP(=O)(OCOC(C)=O)OCOC(C)=O)[C@H](OP(=O)(OCOC(C)=O)OCOC(C)=O)[C@@H](OP(=O)(OCOC(C)=O)OCOC(C)=O)[C@@H]1OP(=O)(OCOC(C)=O)OCOC(C)=O. The average molecular weight is 1260 g/mol. The molecular formula is C42H70O35P4. The van der Waals surface area contributed by atoms with Crippen molar-refractivity contribution in [1.29, 1.82) is 0 Å². The van der Waals surface area contributed by atoms with Crippen molar-refractivity contribution in [3.05, 3.63) is 0 Å². The van der Waals surface area contributed by atoms with E-state index in [4.69, 9.17) is 102 Å². The molecule has 1 fully saturated rings. The number of hydrogen-bond acceptors (Lipinski definition) is 35. The molecule has 468 valence electrons. The van der Waals surface area contributed by atoms with E-state index in [1.807, 2.05) is 6.92 Å². The third-order valence-corrected chi connectivity index (χ3v) is 14.6. The van der Waals surface area contributed by atoms with E-state index in [-0.39, 0.29) is 12.8 Å². The van der Waals surface area contributed by atoms with Crippen LogP contribution in [0.4, 0.5) is 0 Å². The van der Waals surface area contributed by atoms with E-state index in [0.29, 0.717) is 12.8 Å². The van der Waals surface area contributed by atoms with Crippen LogP contribution < -0.4 is 0 Å². The molecule has 0 spiro atoms. The third kappa shape index (κ3) is 32.9. The zero-order valence-corrected chi connectivity index (χ0v) is 49.6. The lowest BCUT2D eigenvalue weighted by Crippen LogP contribution is -2.67. The molecule has 0 aromatic carbocycles. The van der Waals surface area contributed by atoms with Crippen molar-refractivity contribution in [2.24, 2.45) is 0 Å². The first-order valence-electron chi connectivity index (χ1n) is 24.2. The van der Waals surface area contributed by atoms with Gasteiger partial charge in [-0.1, -0.05) is 46.0 Å². The molecule has 1 saturated carbocycles. The van der Waals surface area contributed by atoms with Gasteiger partial charge in [-0.15, -0.1) is 0 Å². The standard InChI is InChI=1S/C42H70O35P4/c1-11-13-14-15-16-17-19-56-37-38(73-36(51)18-12-2)40(75-79(53,67-22-59-30(5)45)68-23-60-31(6)46)42(77-81(55,71-26-63-34(9)49)72-27-64-35(10)50)41(76-80(54,69-24-61-32(7)47)70-25-62-33(8)48)39(37)74-78(52,65-20-57-28(3)43)66-21-58-29(4)44/h37-42H,11-27H2,1-10H3/t37-,38+,39+,40+,41-,42-/m0/s1. The van der Waals surface area contributed by atoms with E-state index in [1.165, 1.54) is 6.92 Å². The Bertz CT molecular complexity index is 2130. The van der Waals surface area contributed by atoms with Crippen molar-refractivity contribution in [1.82, 2.24) is 0 Å². The molecule has 0 aliphatic heterocycles. The summed E-state index contributed by atoms with van der Waals surface area (Å²) in [4.78, 5) is 109. The average Bonchev–Trinajstić information content (AvgIpc) is 3.33. The molecule has 0 bridgehead atoms. The highest BCUT2D eigenvalue weighted by atomic mass is 31.2. The molecule has 0 heterocycles. The van der Waals surface area contributed by atoms with E-state index in [0.717, 1.165) is 74.7 Å². The quantitative estimate of drug-likeness (QED) is 0.0231. The number of rotatable bonds is 43. The lowest BCUT2D eigenvalue weighted by Gasteiger charge is -2.49. The van der Waals surface area contributed by atoms with Crippen molar-refractivity contribution in [2.45, 2.75) is 157 Å². The van der Waals surface area contributed by atoms with Crippen molar-refractivity contribution in [3.8, 4) is 0 Å². The zero-order chi connectivity index (χ0) is 61.2. The van der Waals surface area contributed by atoms with Crippen LogP contribution in [0.3, 0.4) is 0 Å². The summed E-state index contributed by atoms with van der Waals surface area (Å²) >= 11 is 0. The second-order valence-electron chi connectivity index (χ2n) is 15.9. The molecule has 81 heavy (non-hydrogen) atoms. The minimum Gasteiger partial charge on any atom is -0.457 e. The summed E-state index contributed by atoms with van der Waals surface area (Å²) in [6.07, 6.45) is -12.7. The van der Waals surface area contributed by atoms with Crippen molar-refractivity contribution in [2.75, 3.05) is 61.0 Å². The molecule has 1 rings (SSSR count). The first-order valence-corrected chi connectivity index (χ1v) is 30.0. The Balaban J connectivity index is 4.98. The molecule has 35 nitrogen and oxygen atoms in total. The number of esters is 9. The number of phosphoric ester groups is 4. The summed E-state index contributed by atoms with van der Waals surface area (Å²) < 4.78 is 176. The van der Waals surface area contributed by atoms with Gasteiger partial charge in [0.15, 0.2) is 6.10 Å². The van der Waals surface area contributed by atoms with Gasteiger partial charge in [0.05, 0.1) is 0 Å². The lowest BCUT2D eigenvalue weighted by atomic mass is 9.84. The summed E-state index contributed by atoms with van der Waals surface area (Å²) in [7, 11) is -23.1. The highest BCUT2D eigenvalue weighted by Gasteiger charge is 2.63. The summed E-state index contributed by atoms with van der Waals surface area (Å²) in [6, 6.07) is 0. The van der Waals surface area contributed by atoms with Crippen LogP contribution in [-0.4, -0.2) is 151 Å². The van der Waals surface area contributed by atoms with E-state index in [1.54, 1.807) is 0 Å². The van der Waals surface area contributed by atoms with Gasteiger partial charge in [0, 0.05) is 68.4 Å². The first kappa shape index (κ1) is 74.6. The fourth-order valence-electron chi connectivity index (χ4n) is 5.82. The normalized spacial score (nSPS) is 18.4. The van der Waals surface area contributed by atoms with Gasteiger partial charge in [-0.05, 0) is 12.8 Å². The van der Waals surface area contributed by atoms with Gasteiger partial charge in [0.2, 0.25) is 54.3 Å². The lowest BCUT2D eigenvalue weighted by molar-refractivity contribution is -0.238. The molecule has 0 aromatic rings. The Morgan fingerprint density at radius 2 is 0.543 bits per heavy atom. The van der Waals surface area contributed by atoms with Gasteiger partial charge in [-0.2, -0.15) is 0 Å². The molecule has 6 atom stereocenters. The van der Waals surface area contributed by atoms with E-state index in [2.05, 4.69) is 0 Å². The topological polar surface area (TPSA) is 425 Å². The fourth-order valence-corrected chi connectivity index (χ4v) is 10.2. The highest BCUT2D eigenvalue weighted by molar-refractivity contribution is 7.49. The molecular weight excluding hydrogens is 1190 g/mol. The Labute approximate surface area is 465 Å². The molecule has 0 amide bonds. The summed E-state index contributed by atoms with van der Waals surface area (Å²) in [5.74, 6) is -9.77. The molecule has 1 aliphatic carbocycles. The van der Waals surface area contributed by atoms with Crippen molar-refractivity contribution in [3.63, 3.8) is 0 Å². The van der Waals surface area contributed by atoms with E-state index < -0.39 is 189 Å². The van der Waals surface area contributed by atoms with E-state index in [9.17, 15) is 47.7 Å². The van der Waals surface area contributed by atoms with E-state index >= 15 is 13.7 Å². The van der Waals surface area contributed by atoms with Crippen LogP contribution in [0.15, 0.2) is 0 Å². The number of unbranched alkanes of at least 4 members (excludes halogenated alkanes) is 5. The minimum atomic E-state index is -5.83. The van der Waals surface area contributed by atoms with Crippen LogP contribution in [0.5, 0.6) is 0 Å². The number of hydrogen-bond donors (Lipinski definition) is 0. The van der Waals surface area contributed by atoms with Gasteiger partial charge in [-0.3, -0.25) is 61.2 Å². The van der Waals surface area contributed by atoms with Crippen LogP contribution in [0.25, 0.3) is 0 Å². The van der Waals surface area contributed by atoms with Gasteiger partial charge in [-0.25, -0.2) is 54.5 Å². The molecule has 39 heteroatoms. The second kappa shape index (κ2) is 39.2. The maximum absolute atomic E-state index is 15.1. The van der Waals surface area contributed by atoms with Crippen LogP contribution in [0, 0.1) is 0 Å². The molecule has 0 saturated heterocycles. The van der Waals surface area contributed by atoms with Gasteiger partial charge >= 0.3 is 85.0 Å². The largest absolute Gasteiger partial charge is 0.481 e. The van der Waals surface area contributed by atoms with Gasteiger partial charge in [0.1, 0.15) is 30.5 Å². The Hall–Kier alpha value is -4.37. The summed E-state index contributed by atoms with van der Waals surface area (Å²) in [6.45, 7) is -0.675. The molecule has 1 aliphatic rings. The van der Waals surface area contributed by atoms with Crippen LogP contribution in [-0.2, 0) is 163 Å². The van der Waals surface area contributed by atoms with Gasteiger partial charge < -0.3 is 47.4 Å². The third-order valence-electron chi connectivity index (χ3n) is 9.26. The fraction of sp³-hybridized carbons (Fsp3) is 0.786. The molecule has 0 unspecified atom stereocenters. The smallest absolute Gasteiger partial charge is 0.457 e. The number of phosphoric acid groups is 4. The monoisotopic (exact) mass is 1260 g/mol. The number of carbonyl (C=O) groups is 9. The Morgan fingerprint density at radius 1 is 0.309 bits per heavy atom. The van der Waals surface area contributed by atoms with Gasteiger partial charge in [0.25, 0.3) is 0 Å². The Morgan fingerprint density at radius 3 is 0.790 bits per heavy atom. The maximum Gasteiger partial charge on any atom is 0.481 e. The molecule has 0 radical (unpaired) electrons. The zero-order valence-electron chi connectivity index (χ0n) is 46.1. The van der Waals surface area contributed by atoms with Crippen LogP contribution in [0.2, 0.25) is 0 Å². The Kier molecular flexibility index (Phi) is 36.1.